The Morgan fingerprint density at radius 2 is 2.00 bits per heavy atom. The fraction of sp³-hybridized carbons (Fsp3) is 0.250. The van der Waals surface area contributed by atoms with Crippen LogP contribution in [0.4, 0.5) is 0 Å². The lowest BCUT2D eigenvalue weighted by Gasteiger charge is -2.27. The third-order valence-corrected chi connectivity index (χ3v) is 5.28. The normalized spacial score (nSPS) is 14.0. The third-order valence-electron chi connectivity index (χ3n) is 4.75. The lowest BCUT2D eigenvalue weighted by molar-refractivity contribution is -0.131. The molecule has 0 bridgehead atoms. The fourth-order valence-electron chi connectivity index (χ4n) is 3.44. The van der Waals surface area contributed by atoms with Crippen molar-refractivity contribution in [2.24, 2.45) is 0 Å². The lowest BCUT2D eigenvalue weighted by atomic mass is 10.0. The molecule has 0 fully saturated rings. The van der Waals surface area contributed by atoms with Crippen LogP contribution in [0, 0.1) is 6.92 Å². The minimum atomic E-state index is 0.199. The Bertz CT molecular complexity index is 911. The van der Waals surface area contributed by atoms with E-state index in [1.807, 2.05) is 29.2 Å². The smallest absolute Gasteiger partial charge is 0.227 e. The Hall–Kier alpha value is -2.07. The van der Waals surface area contributed by atoms with Crippen molar-refractivity contribution in [3.63, 3.8) is 0 Å². The SMILES string of the molecule is Cc1ccc2c3c([nH]c2c1)CCN(C(=O)Cc1ccc(Br)cc1)C3. The number of carbonyl (C=O) groups is 1. The fourth-order valence-corrected chi connectivity index (χ4v) is 3.70. The van der Waals surface area contributed by atoms with Gasteiger partial charge in [0.15, 0.2) is 0 Å². The molecular weight excluding hydrogens is 364 g/mol. The average molecular weight is 383 g/mol. The van der Waals surface area contributed by atoms with Gasteiger partial charge < -0.3 is 9.88 Å². The lowest BCUT2D eigenvalue weighted by Crippen LogP contribution is -2.36. The van der Waals surface area contributed by atoms with E-state index >= 15 is 0 Å². The topological polar surface area (TPSA) is 36.1 Å². The molecule has 1 aliphatic heterocycles. The summed E-state index contributed by atoms with van der Waals surface area (Å²) in [4.78, 5) is 18.2. The molecule has 4 heteroatoms. The first-order valence-corrected chi connectivity index (χ1v) is 9.02. The number of aromatic amines is 1. The number of halogens is 1. The highest BCUT2D eigenvalue weighted by atomic mass is 79.9. The molecule has 3 nitrogen and oxygen atoms in total. The van der Waals surface area contributed by atoms with Crippen LogP contribution >= 0.6 is 15.9 Å². The zero-order chi connectivity index (χ0) is 16.7. The maximum Gasteiger partial charge on any atom is 0.227 e. The van der Waals surface area contributed by atoms with Gasteiger partial charge in [0, 0.05) is 46.1 Å². The summed E-state index contributed by atoms with van der Waals surface area (Å²) in [5.74, 6) is 0.199. The number of H-pyrrole nitrogens is 1. The van der Waals surface area contributed by atoms with E-state index in [0.717, 1.165) is 23.0 Å². The van der Waals surface area contributed by atoms with Crippen molar-refractivity contribution < 1.29 is 4.79 Å². The molecular formula is C20H19BrN2O. The van der Waals surface area contributed by atoms with Crippen molar-refractivity contribution >= 4 is 32.7 Å². The highest BCUT2D eigenvalue weighted by Crippen LogP contribution is 2.28. The molecule has 2 aromatic carbocycles. The first-order valence-electron chi connectivity index (χ1n) is 8.22. The second-order valence-electron chi connectivity index (χ2n) is 6.50. The standard InChI is InChI=1S/C20H19BrN2O/c1-13-2-7-16-17-12-23(9-8-18(17)22-19(16)10-13)20(24)11-14-3-5-15(21)6-4-14/h2-7,10,22H,8-9,11-12H2,1H3. The molecule has 122 valence electrons. The highest BCUT2D eigenvalue weighted by Gasteiger charge is 2.24. The molecule has 0 spiro atoms. The van der Waals surface area contributed by atoms with Crippen LogP contribution in [0.5, 0.6) is 0 Å². The van der Waals surface area contributed by atoms with Crippen LogP contribution in [0.15, 0.2) is 46.9 Å². The van der Waals surface area contributed by atoms with Crippen LogP contribution in [0.3, 0.4) is 0 Å². The Balaban J connectivity index is 1.56. The van der Waals surface area contributed by atoms with Gasteiger partial charge in [-0.05, 0) is 36.2 Å². The molecule has 0 atom stereocenters. The second-order valence-corrected chi connectivity index (χ2v) is 7.42. The summed E-state index contributed by atoms with van der Waals surface area (Å²) < 4.78 is 1.04. The first-order chi connectivity index (χ1) is 11.6. The average Bonchev–Trinajstić information content (AvgIpc) is 2.93. The van der Waals surface area contributed by atoms with Crippen molar-refractivity contribution in [1.29, 1.82) is 0 Å². The quantitative estimate of drug-likeness (QED) is 0.701. The molecule has 1 N–H and O–H groups in total. The summed E-state index contributed by atoms with van der Waals surface area (Å²) >= 11 is 3.43. The number of nitrogens with one attached hydrogen (secondary N) is 1. The van der Waals surface area contributed by atoms with Crippen LogP contribution in [-0.4, -0.2) is 22.3 Å². The van der Waals surface area contributed by atoms with Crippen molar-refractivity contribution in [3.8, 4) is 0 Å². The van der Waals surface area contributed by atoms with Crippen LogP contribution in [0.25, 0.3) is 10.9 Å². The second kappa shape index (κ2) is 6.10. The van der Waals surface area contributed by atoms with E-state index in [2.05, 4.69) is 46.0 Å². The van der Waals surface area contributed by atoms with Gasteiger partial charge in [-0.2, -0.15) is 0 Å². The Morgan fingerprint density at radius 3 is 2.79 bits per heavy atom. The van der Waals surface area contributed by atoms with E-state index in [4.69, 9.17) is 0 Å². The maximum absolute atomic E-state index is 12.7. The summed E-state index contributed by atoms with van der Waals surface area (Å²) in [7, 11) is 0. The number of hydrogen-bond donors (Lipinski definition) is 1. The molecule has 2 heterocycles. The number of aryl methyl sites for hydroxylation is 1. The molecule has 24 heavy (non-hydrogen) atoms. The van der Waals surface area contributed by atoms with Crippen LogP contribution < -0.4 is 0 Å². The van der Waals surface area contributed by atoms with E-state index in [-0.39, 0.29) is 5.91 Å². The van der Waals surface area contributed by atoms with Gasteiger partial charge in [0.25, 0.3) is 0 Å². The summed E-state index contributed by atoms with van der Waals surface area (Å²) in [6.45, 7) is 3.59. The molecule has 1 amide bonds. The van der Waals surface area contributed by atoms with Crippen LogP contribution in [-0.2, 0) is 24.2 Å². The zero-order valence-electron chi connectivity index (χ0n) is 13.6. The van der Waals surface area contributed by atoms with E-state index in [1.54, 1.807) is 0 Å². The monoisotopic (exact) mass is 382 g/mol. The van der Waals surface area contributed by atoms with E-state index in [1.165, 1.54) is 27.7 Å². The van der Waals surface area contributed by atoms with Crippen molar-refractivity contribution in [3.05, 3.63) is 69.3 Å². The van der Waals surface area contributed by atoms with Crippen LogP contribution in [0.1, 0.15) is 22.4 Å². The predicted octanol–water partition coefficient (Wildman–Crippen LogP) is 4.37. The molecule has 1 aromatic heterocycles. The largest absolute Gasteiger partial charge is 0.358 e. The minimum absolute atomic E-state index is 0.199. The Kier molecular flexibility index (Phi) is 3.93. The number of hydrogen-bond acceptors (Lipinski definition) is 1. The predicted molar refractivity (Wildman–Crippen MR) is 100 cm³/mol. The summed E-state index contributed by atoms with van der Waals surface area (Å²) in [6, 6.07) is 14.5. The minimum Gasteiger partial charge on any atom is -0.358 e. The first kappa shape index (κ1) is 15.5. The summed E-state index contributed by atoms with van der Waals surface area (Å²) in [6.07, 6.45) is 1.36. The number of nitrogens with zero attached hydrogens (tertiary/aromatic N) is 1. The third kappa shape index (κ3) is 2.86. The van der Waals surface area contributed by atoms with Crippen molar-refractivity contribution in [2.75, 3.05) is 6.54 Å². The Morgan fingerprint density at radius 1 is 1.21 bits per heavy atom. The Labute approximate surface area is 149 Å². The van der Waals surface area contributed by atoms with Gasteiger partial charge in [-0.15, -0.1) is 0 Å². The van der Waals surface area contributed by atoms with Gasteiger partial charge in [0.2, 0.25) is 5.91 Å². The van der Waals surface area contributed by atoms with Gasteiger partial charge in [-0.3, -0.25) is 4.79 Å². The molecule has 0 unspecified atom stereocenters. The van der Waals surface area contributed by atoms with Crippen molar-refractivity contribution in [2.45, 2.75) is 26.3 Å². The van der Waals surface area contributed by atoms with E-state index in [0.29, 0.717) is 13.0 Å². The number of carbonyl (C=O) groups excluding carboxylic acids is 1. The van der Waals surface area contributed by atoms with E-state index < -0.39 is 0 Å². The number of rotatable bonds is 2. The maximum atomic E-state index is 12.7. The molecule has 0 radical (unpaired) electrons. The van der Waals surface area contributed by atoms with Gasteiger partial charge >= 0.3 is 0 Å². The highest BCUT2D eigenvalue weighted by molar-refractivity contribution is 9.10. The number of amides is 1. The molecule has 0 aliphatic carbocycles. The molecule has 3 aromatic rings. The van der Waals surface area contributed by atoms with Gasteiger partial charge in [0.05, 0.1) is 6.42 Å². The number of fused-ring (bicyclic) bond motifs is 3. The molecule has 0 saturated heterocycles. The molecule has 1 aliphatic rings. The summed E-state index contributed by atoms with van der Waals surface area (Å²) in [5.41, 5.74) is 6.05. The van der Waals surface area contributed by atoms with Gasteiger partial charge in [-0.1, -0.05) is 40.2 Å². The zero-order valence-corrected chi connectivity index (χ0v) is 15.2. The molecule has 4 rings (SSSR count). The van der Waals surface area contributed by atoms with Crippen molar-refractivity contribution in [1.82, 2.24) is 9.88 Å². The van der Waals surface area contributed by atoms with Gasteiger partial charge in [0.1, 0.15) is 0 Å². The van der Waals surface area contributed by atoms with Crippen LogP contribution in [0.2, 0.25) is 0 Å². The van der Waals surface area contributed by atoms with E-state index in [9.17, 15) is 4.79 Å². The van der Waals surface area contributed by atoms with Gasteiger partial charge in [-0.25, -0.2) is 0 Å². The summed E-state index contributed by atoms with van der Waals surface area (Å²) in [5, 5.41) is 1.25. The number of aromatic nitrogens is 1. The molecule has 0 saturated carbocycles. The number of benzene rings is 2.